The third kappa shape index (κ3) is 4.12. The molecule has 3 heterocycles. The highest BCUT2D eigenvalue weighted by atomic mass is 16.3. The molecule has 0 aliphatic carbocycles. The molecule has 0 bridgehead atoms. The number of nitrogens with zero attached hydrogens (tertiary/aromatic N) is 3. The van der Waals surface area contributed by atoms with Crippen molar-refractivity contribution in [1.82, 2.24) is 14.7 Å². The van der Waals surface area contributed by atoms with Gasteiger partial charge in [0.15, 0.2) is 5.76 Å². The van der Waals surface area contributed by atoms with Crippen molar-refractivity contribution in [2.75, 3.05) is 39.8 Å². The van der Waals surface area contributed by atoms with E-state index in [0.29, 0.717) is 12.3 Å². The number of rotatable bonds is 5. The van der Waals surface area contributed by atoms with Gasteiger partial charge in [-0.15, -0.1) is 0 Å². The van der Waals surface area contributed by atoms with Gasteiger partial charge in [-0.05, 0) is 43.9 Å². The number of likely N-dealkylation sites (N-methyl/N-ethyl adjacent to an activating group) is 1. The predicted molar refractivity (Wildman–Crippen MR) is 95.2 cm³/mol. The summed E-state index contributed by atoms with van der Waals surface area (Å²) in [7, 11) is 1.78. The number of furan rings is 1. The minimum absolute atomic E-state index is 0.104. The van der Waals surface area contributed by atoms with E-state index in [0.717, 1.165) is 45.4 Å². The first-order valence-corrected chi connectivity index (χ1v) is 9.06. The molecule has 3 rings (SSSR count). The van der Waals surface area contributed by atoms with Crippen LogP contribution in [0.25, 0.3) is 0 Å². The Hall–Kier alpha value is -2.08. The Labute approximate surface area is 149 Å². The van der Waals surface area contributed by atoms with Crippen molar-refractivity contribution in [2.24, 2.45) is 0 Å². The molecule has 6 nitrogen and oxygen atoms in total. The number of carbonyl (C=O) groups is 2. The van der Waals surface area contributed by atoms with E-state index in [2.05, 4.69) is 11.0 Å². The summed E-state index contributed by atoms with van der Waals surface area (Å²) in [6.07, 6.45) is 6.84. The Morgan fingerprint density at radius 1 is 1.28 bits per heavy atom. The molecule has 1 aromatic heterocycles. The maximum absolute atomic E-state index is 12.6. The lowest BCUT2D eigenvalue weighted by molar-refractivity contribution is -0.135. The Balaban J connectivity index is 1.56. The van der Waals surface area contributed by atoms with Gasteiger partial charge in [-0.25, -0.2) is 0 Å². The van der Waals surface area contributed by atoms with E-state index >= 15 is 0 Å². The Morgan fingerprint density at radius 2 is 2.04 bits per heavy atom. The third-order valence-corrected chi connectivity index (χ3v) is 5.10. The topological polar surface area (TPSA) is 57.0 Å². The number of hydrogen-bond acceptors (Lipinski definition) is 4. The summed E-state index contributed by atoms with van der Waals surface area (Å²) in [6.45, 7) is 5.96. The smallest absolute Gasteiger partial charge is 0.289 e. The summed E-state index contributed by atoms with van der Waals surface area (Å²) < 4.78 is 5.18. The minimum atomic E-state index is -0.121. The van der Waals surface area contributed by atoms with E-state index < -0.39 is 0 Å². The molecule has 2 aliphatic heterocycles. The summed E-state index contributed by atoms with van der Waals surface area (Å²) in [5.74, 6) is 0.469. The predicted octanol–water partition coefficient (Wildman–Crippen LogP) is 1.99. The second-order valence-electron chi connectivity index (χ2n) is 6.97. The van der Waals surface area contributed by atoms with Gasteiger partial charge in [0.25, 0.3) is 5.91 Å². The maximum Gasteiger partial charge on any atom is 0.289 e. The van der Waals surface area contributed by atoms with Crippen LogP contribution in [0.3, 0.4) is 0 Å². The molecular formula is C19H27N3O3. The first-order valence-electron chi connectivity index (χ1n) is 9.06. The summed E-state index contributed by atoms with van der Waals surface area (Å²) in [5.41, 5.74) is 1.18. The quantitative estimate of drug-likeness (QED) is 0.766. The van der Waals surface area contributed by atoms with Crippen molar-refractivity contribution in [3.8, 4) is 0 Å². The molecule has 0 unspecified atom stereocenters. The fourth-order valence-corrected chi connectivity index (χ4v) is 3.61. The SMILES string of the molecule is C[C@@H](C(=O)N1CCCC1)N1CCC=C(CN(C)C(=O)c2ccco2)C1. The molecule has 1 atom stereocenters. The van der Waals surface area contributed by atoms with E-state index in [1.807, 2.05) is 11.8 Å². The largest absolute Gasteiger partial charge is 0.459 e. The van der Waals surface area contributed by atoms with Gasteiger partial charge in [-0.2, -0.15) is 0 Å². The standard InChI is InChI=1S/C19H27N3O3/c1-15(18(23)21-9-3-4-10-21)22-11-5-7-16(14-22)13-20(2)19(24)17-8-6-12-25-17/h6-8,12,15H,3-5,9-11,13-14H2,1-2H3/t15-/m0/s1. The normalized spacial score (nSPS) is 19.6. The van der Waals surface area contributed by atoms with Crippen LogP contribution in [-0.2, 0) is 4.79 Å². The van der Waals surface area contributed by atoms with Gasteiger partial charge in [0.2, 0.25) is 5.91 Å². The summed E-state index contributed by atoms with van der Waals surface area (Å²) in [6, 6.07) is 3.29. The molecule has 136 valence electrons. The fraction of sp³-hybridized carbons (Fsp3) is 0.579. The van der Waals surface area contributed by atoms with Gasteiger partial charge < -0.3 is 14.2 Å². The highest BCUT2D eigenvalue weighted by Crippen LogP contribution is 2.18. The molecule has 2 amide bonds. The first kappa shape index (κ1) is 17.7. The first-order chi connectivity index (χ1) is 12.1. The summed E-state index contributed by atoms with van der Waals surface area (Å²) in [4.78, 5) is 30.8. The summed E-state index contributed by atoms with van der Waals surface area (Å²) in [5, 5.41) is 0. The van der Waals surface area contributed by atoms with E-state index in [9.17, 15) is 9.59 Å². The second kappa shape index (κ2) is 7.87. The van der Waals surface area contributed by atoms with Crippen molar-refractivity contribution in [3.05, 3.63) is 35.8 Å². The van der Waals surface area contributed by atoms with Crippen LogP contribution in [0, 0.1) is 0 Å². The van der Waals surface area contributed by atoms with Crippen molar-refractivity contribution in [3.63, 3.8) is 0 Å². The van der Waals surface area contributed by atoms with Crippen LogP contribution in [0.15, 0.2) is 34.5 Å². The van der Waals surface area contributed by atoms with Crippen LogP contribution in [0.5, 0.6) is 0 Å². The van der Waals surface area contributed by atoms with Crippen LogP contribution >= 0.6 is 0 Å². The molecule has 0 radical (unpaired) electrons. The zero-order valence-corrected chi connectivity index (χ0v) is 15.1. The Morgan fingerprint density at radius 3 is 2.72 bits per heavy atom. The van der Waals surface area contributed by atoms with Crippen LogP contribution in [-0.4, -0.2) is 72.3 Å². The van der Waals surface area contributed by atoms with E-state index in [-0.39, 0.29) is 17.9 Å². The zero-order valence-electron chi connectivity index (χ0n) is 15.1. The van der Waals surface area contributed by atoms with E-state index in [1.54, 1.807) is 24.1 Å². The lowest BCUT2D eigenvalue weighted by Crippen LogP contribution is -2.48. The molecular weight excluding hydrogens is 318 g/mol. The third-order valence-electron chi connectivity index (χ3n) is 5.10. The average Bonchev–Trinajstić information content (AvgIpc) is 3.33. The maximum atomic E-state index is 12.6. The lowest BCUT2D eigenvalue weighted by atomic mass is 10.1. The second-order valence-corrected chi connectivity index (χ2v) is 6.97. The number of hydrogen-bond donors (Lipinski definition) is 0. The van der Waals surface area contributed by atoms with E-state index in [1.165, 1.54) is 11.8 Å². The molecule has 25 heavy (non-hydrogen) atoms. The van der Waals surface area contributed by atoms with Crippen LogP contribution in [0.4, 0.5) is 0 Å². The van der Waals surface area contributed by atoms with Crippen molar-refractivity contribution in [1.29, 1.82) is 0 Å². The van der Waals surface area contributed by atoms with Gasteiger partial charge in [0, 0.05) is 39.8 Å². The Kier molecular flexibility index (Phi) is 5.58. The molecule has 0 saturated carbocycles. The van der Waals surface area contributed by atoms with Gasteiger partial charge >= 0.3 is 0 Å². The molecule has 1 saturated heterocycles. The van der Waals surface area contributed by atoms with Crippen molar-refractivity contribution >= 4 is 11.8 Å². The van der Waals surface area contributed by atoms with Crippen molar-refractivity contribution < 1.29 is 14.0 Å². The van der Waals surface area contributed by atoms with Crippen LogP contribution < -0.4 is 0 Å². The highest BCUT2D eigenvalue weighted by molar-refractivity contribution is 5.91. The Bertz CT molecular complexity index is 632. The molecule has 0 aromatic carbocycles. The van der Waals surface area contributed by atoms with Gasteiger partial charge in [-0.3, -0.25) is 14.5 Å². The highest BCUT2D eigenvalue weighted by Gasteiger charge is 2.29. The number of carbonyl (C=O) groups excluding carboxylic acids is 2. The monoisotopic (exact) mass is 345 g/mol. The van der Waals surface area contributed by atoms with Crippen LogP contribution in [0.2, 0.25) is 0 Å². The molecule has 2 aliphatic rings. The lowest BCUT2D eigenvalue weighted by Gasteiger charge is -2.34. The number of likely N-dealkylation sites (tertiary alicyclic amines) is 1. The fourth-order valence-electron chi connectivity index (χ4n) is 3.61. The molecule has 1 aromatic rings. The molecule has 0 spiro atoms. The van der Waals surface area contributed by atoms with Gasteiger partial charge in [0.1, 0.15) is 0 Å². The van der Waals surface area contributed by atoms with Crippen LogP contribution in [0.1, 0.15) is 36.7 Å². The molecule has 6 heteroatoms. The summed E-state index contributed by atoms with van der Waals surface area (Å²) >= 11 is 0. The van der Waals surface area contributed by atoms with Gasteiger partial charge in [-0.1, -0.05) is 6.08 Å². The average molecular weight is 345 g/mol. The minimum Gasteiger partial charge on any atom is -0.459 e. The van der Waals surface area contributed by atoms with E-state index in [4.69, 9.17) is 4.42 Å². The number of amides is 2. The van der Waals surface area contributed by atoms with Gasteiger partial charge in [0.05, 0.1) is 12.3 Å². The molecule has 0 N–H and O–H groups in total. The zero-order chi connectivity index (χ0) is 17.8. The molecule has 1 fully saturated rings. The van der Waals surface area contributed by atoms with Crippen molar-refractivity contribution in [2.45, 2.75) is 32.2 Å².